The van der Waals surface area contributed by atoms with Gasteiger partial charge in [-0.3, -0.25) is 0 Å². The van der Waals surface area contributed by atoms with Crippen molar-refractivity contribution in [2.24, 2.45) is 46.3 Å². The van der Waals surface area contributed by atoms with Crippen LogP contribution in [0.2, 0.25) is 0 Å². The Labute approximate surface area is 179 Å². The van der Waals surface area contributed by atoms with Crippen LogP contribution in [0.5, 0.6) is 0 Å². The highest BCUT2D eigenvalue weighted by Gasteiger charge is 2.56. The molecular weight excluding hydrogens is 352 g/mol. The second-order valence-electron chi connectivity index (χ2n) is 11.9. The first kappa shape index (κ1) is 21.4. The van der Waals surface area contributed by atoms with E-state index in [9.17, 15) is 5.11 Å². The summed E-state index contributed by atoms with van der Waals surface area (Å²) < 4.78 is 0. The largest absolute Gasteiger partial charge is 0.393 e. The highest BCUT2D eigenvalue weighted by molar-refractivity contribution is 5.39. The minimum absolute atomic E-state index is 0.116. The van der Waals surface area contributed by atoms with E-state index in [4.69, 9.17) is 0 Å². The quantitative estimate of drug-likeness (QED) is 0.493. The van der Waals surface area contributed by atoms with Crippen molar-refractivity contribution in [1.82, 2.24) is 0 Å². The average molecular weight is 397 g/mol. The Kier molecular flexibility index (Phi) is 5.69. The Morgan fingerprint density at radius 2 is 1.69 bits per heavy atom. The van der Waals surface area contributed by atoms with Crippen molar-refractivity contribution >= 4 is 0 Å². The van der Waals surface area contributed by atoms with Gasteiger partial charge in [0.1, 0.15) is 0 Å². The van der Waals surface area contributed by atoms with Crippen molar-refractivity contribution in [1.29, 1.82) is 0 Å². The molecule has 0 spiro atoms. The molecule has 0 amide bonds. The molecule has 8 atom stereocenters. The maximum absolute atomic E-state index is 10.2. The van der Waals surface area contributed by atoms with Gasteiger partial charge in [-0.25, -0.2) is 0 Å². The van der Waals surface area contributed by atoms with Crippen LogP contribution in [0.25, 0.3) is 0 Å². The summed E-state index contributed by atoms with van der Waals surface area (Å²) in [7, 11) is 0. The second-order valence-corrected chi connectivity index (χ2v) is 11.9. The van der Waals surface area contributed by atoms with Gasteiger partial charge >= 0.3 is 0 Å². The molecule has 0 aliphatic heterocycles. The van der Waals surface area contributed by atoms with Crippen LogP contribution >= 0.6 is 0 Å². The summed E-state index contributed by atoms with van der Waals surface area (Å²) in [5, 5.41) is 10.2. The maximum Gasteiger partial charge on any atom is 0.0578 e. The lowest BCUT2D eigenvalue weighted by molar-refractivity contribution is 0.0382. The van der Waals surface area contributed by atoms with E-state index in [2.05, 4.69) is 65.8 Å². The van der Waals surface area contributed by atoms with Gasteiger partial charge in [0.05, 0.1) is 6.10 Å². The normalized spacial score (nSPS) is 44.0. The molecule has 1 heteroatoms. The Morgan fingerprint density at radius 3 is 2.41 bits per heavy atom. The summed E-state index contributed by atoms with van der Waals surface area (Å²) >= 11 is 0. The molecule has 1 nitrogen and oxygen atoms in total. The fourth-order valence-electron chi connectivity index (χ4n) is 7.59. The fourth-order valence-corrected chi connectivity index (χ4v) is 7.59. The molecule has 4 aliphatic carbocycles. The number of hydrogen-bond acceptors (Lipinski definition) is 1. The van der Waals surface area contributed by atoms with Crippen LogP contribution in [0.4, 0.5) is 0 Å². The Hall–Kier alpha value is -0.820. The van der Waals surface area contributed by atoms with Crippen LogP contribution in [0.1, 0.15) is 86.5 Å². The minimum atomic E-state index is -0.116. The van der Waals surface area contributed by atoms with Crippen molar-refractivity contribution in [2.75, 3.05) is 0 Å². The summed E-state index contributed by atoms with van der Waals surface area (Å²) in [5.41, 5.74) is 4.07. The first-order valence-corrected chi connectivity index (χ1v) is 12.4. The van der Waals surface area contributed by atoms with Gasteiger partial charge in [-0.05, 0) is 91.3 Å². The van der Waals surface area contributed by atoms with E-state index in [-0.39, 0.29) is 6.10 Å². The van der Waals surface area contributed by atoms with Crippen LogP contribution < -0.4 is 0 Å². The number of aliphatic hydroxyl groups is 1. The fraction of sp³-hybridized carbons (Fsp3) is 0.786. The predicted octanol–water partition coefficient (Wildman–Crippen LogP) is 7.33. The van der Waals surface area contributed by atoms with Gasteiger partial charge in [-0.15, -0.1) is 0 Å². The topological polar surface area (TPSA) is 20.2 Å². The molecule has 0 aromatic carbocycles. The van der Waals surface area contributed by atoms with E-state index in [0.29, 0.717) is 22.7 Å². The maximum atomic E-state index is 10.2. The lowest BCUT2D eigenvalue weighted by Crippen LogP contribution is -2.46. The SMILES string of the molecule is CC(C)[C@H](C)C=C[C@@H](C)[C@H]1CCC2C3=CC=C4C[C@@H](O)CC[C@]4(C)C3CC[C@@]21C. The number of allylic oxidation sites excluding steroid dienone is 5. The van der Waals surface area contributed by atoms with E-state index in [1.807, 2.05) is 0 Å². The molecule has 0 heterocycles. The minimum Gasteiger partial charge on any atom is -0.393 e. The monoisotopic (exact) mass is 396 g/mol. The molecule has 3 fully saturated rings. The van der Waals surface area contributed by atoms with Crippen LogP contribution in [0.15, 0.2) is 35.5 Å². The zero-order valence-electron chi connectivity index (χ0n) is 19.7. The van der Waals surface area contributed by atoms with Gasteiger partial charge in [0.2, 0.25) is 0 Å². The Bertz CT molecular complexity index is 712. The van der Waals surface area contributed by atoms with E-state index < -0.39 is 0 Å². The molecule has 4 aliphatic rings. The van der Waals surface area contributed by atoms with Crippen LogP contribution in [0, 0.1) is 46.3 Å². The number of rotatable bonds is 4. The molecule has 0 aromatic heterocycles. The van der Waals surface area contributed by atoms with Crippen molar-refractivity contribution in [3.8, 4) is 0 Å². The van der Waals surface area contributed by atoms with Gasteiger partial charge in [-0.2, -0.15) is 0 Å². The molecule has 162 valence electrons. The van der Waals surface area contributed by atoms with E-state index in [0.717, 1.165) is 36.5 Å². The first-order chi connectivity index (χ1) is 13.7. The van der Waals surface area contributed by atoms with Crippen LogP contribution in [0.3, 0.4) is 0 Å². The molecule has 0 saturated heterocycles. The van der Waals surface area contributed by atoms with E-state index in [1.54, 1.807) is 5.57 Å². The standard InChI is InChI=1S/C28H44O/c1-18(2)19(3)7-8-20(4)24-11-12-25-23-10-9-21-17-22(29)13-15-27(21,5)26(23)14-16-28(24,25)6/h7-10,18-20,22,24-26,29H,11-17H2,1-6H3/t19-,20-,22+,24-,25?,26?,27+,28-/m1/s1. The Balaban J connectivity index is 1.57. The highest BCUT2D eigenvalue weighted by atomic mass is 16.3. The third kappa shape index (κ3) is 3.50. The third-order valence-corrected chi connectivity index (χ3v) is 10.0. The van der Waals surface area contributed by atoms with Crippen molar-refractivity contribution < 1.29 is 5.11 Å². The summed E-state index contributed by atoms with van der Waals surface area (Å²) in [6.45, 7) is 14.6. The highest BCUT2D eigenvalue weighted by Crippen LogP contribution is 2.65. The lowest BCUT2D eigenvalue weighted by Gasteiger charge is -2.55. The first-order valence-electron chi connectivity index (χ1n) is 12.4. The molecule has 0 bridgehead atoms. The van der Waals surface area contributed by atoms with Gasteiger partial charge in [0.25, 0.3) is 0 Å². The van der Waals surface area contributed by atoms with Crippen LogP contribution in [-0.4, -0.2) is 11.2 Å². The third-order valence-electron chi connectivity index (χ3n) is 10.0. The molecule has 2 unspecified atom stereocenters. The zero-order valence-corrected chi connectivity index (χ0v) is 19.7. The second kappa shape index (κ2) is 7.70. The van der Waals surface area contributed by atoms with Gasteiger partial charge in [-0.1, -0.05) is 77.0 Å². The van der Waals surface area contributed by atoms with Crippen molar-refractivity contribution in [3.63, 3.8) is 0 Å². The van der Waals surface area contributed by atoms with Gasteiger partial charge in [0, 0.05) is 0 Å². The smallest absolute Gasteiger partial charge is 0.0578 e. The number of fused-ring (bicyclic) bond motifs is 5. The molecule has 29 heavy (non-hydrogen) atoms. The Morgan fingerprint density at radius 1 is 0.931 bits per heavy atom. The molecule has 0 aromatic rings. The van der Waals surface area contributed by atoms with Crippen molar-refractivity contribution in [3.05, 3.63) is 35.5 Å². The predicted molar refractivity (Wildman–Crippen MR) is 123 cm³/mol. The van der Waals surface area contributed by atoms with E-state index >= 15 is 0 Å². The molecule has 0 radical (unpaired) electrons. The molecule has 3 saturated carbocycles. The van der Waals surface area contributed by atoms with E-state index in [1.165, 1.54) is 37.7 Å². The van der Waals surface area contributed by atoms with Crippen molar-refractivity contribution in [2.45, 2.75) is 92.6 Å². The molecule has 4 rings (SSSR count). The summed E-state index contributed by atoms with van der Waals surface area (Å²) in [6.07, 6.45) is 18.4. The average Bonchev–Trinajstić information content (AvgIpc) is 3.03. The van der Waals surface area contributed by atoms with Crippen LogP contribution in [-0.2, 0) is 0 Å². The number of aliphatic hydroxyl groups excluding tert-OH is 1. The zero-order chi connectivity index (χ0) is 21.0. The molecule has 1 N–H and O–H groups in total. The van der Waals surface area contributed by atoms with Gasteiger partial charge < -0.3 is 5.11 Å². The molecular formula is C28H44O. The van der Waals surface area contributed by atoms with Gasteiger partial charge in [0.15, 0.2) is 0 Å². The lowest BCUT2D eigenvalue weighted by atomic mass is 9.50. The summed E-state index contributed by atoms with van der Waals surface area (Å²) in [5.74, 6) is 4.38. The summed E-state index contributed by atoms with van der Waals surface area (Å²) in [4.78, 5) is 0. The number of hydrogen-bond donors (Lipinski definition) is 1. The summed E-state index contributed by atoms with van der Waals surface area (Å²) in [6, 6.07) is 0.